The number of nitrogens with two attached hydrogens (primary N) is 1. The van der Waals surface area contributed by atoms with Crippen molar-refractivity contribution < 1.29 is 9.84 Å². The number of thiocarbonyl (C=S) groups is 1. The molecule has 0 spiro atoms. The minimum absolute atomic E-state index is 0.0931. The summed E-state index contributed by atoms with van der Waals surface area (Å²) < 4.78 is 5.13. The summed E-state index contributed by atoms with van der Waals surface area (Å²) in [6.07, 6.45) is 1.56. The smallest absolute Gasteiger partial charge is 0.184 e. The molecule has 0 radical (unpaired) electrons. The van der Waals surface area contributed by atoms with Gasteiger partial charge in [0.2, 0.25) is 0 Å². The fourth-order valence-electron chi connectivity index (χ4n) is 1.55. The van der Waals surface area contributed by atoms with Crippen molar-refractivity contribution in [3.05, 3.63) is 23.3 Å². The monoisotopic (exact) mass is 282 g/mol. The van der Waals surface area contributed by atoms with E-state index in [4.69, 9.17) is 10.5 Å². The van der Waals surface area contributed by atoms with Gasteiger partial charge in [-0.15, -0.1) is 0 Å². The predicted molar refractivity (Wildman–Crippen MR) is 79.6 cm³/mol. The molecule has 0 heterocycles. The number of hydrazone groups is 1. The largest absolute Gasteiger partial charge is 0.504 e. The molecule has 4 N–H and O–H groups in total. The third kappa shape index (κ3) is 4.72. The molecule has 104 valence electrons. The molecule has 0 amide bonds. The van der Waals surface area contributed by atoms with Crippen LogP contribution in [-0.2, 0) is 6.54 Å². The quantitative estimate of drug-likeness (QED) is 0.417. The van der Waals surface area contributed by atoms with Gasteiger partial charge in [-0.05, 0) is 44.0 Å². The van der Waals surface area contributed by atoms with Crippen LogP contribution in [0.25, 0.3) is 0 Å². The molecule has 1 aromatic carbocycles. The summed E-state index contributed by atoms with van der Waals surface area (Å²) in [5, 5.41) is 14.0. The first-order valence-electron chi connectivity index (χ1n) is 5.57. The summed E-state index contributed by atoms with van der Waals surface area (Å²) in [6.45, 7) is 0.590. The lowest BCUT2D eigenvalue weighted by Gasteiger charge is -2.14. The van der Waals surface area contributed by atoms with Crippen molar-refractivity contribution in [2.45, 2.75) is 6.54 Å². The van der Waals surface area contributed by atoms with Crippen molar-refractivity contribution >= 4 is 23.5 Å². The first-order valence-corrected chi connectivity index (χ1v) is 5.98. The van der Waals surface area contributed by atoms with Crippen molar-refractivity contribution in [1.82, 2.24) is 10.3 Å². The Morgan fingerprint density at radius 3 is 2.79 bits per heavy atom. The van der Waals surface area contributed by atoms with Crippen molar-refractivity contribution in [1.29, 1.82) is 0 Å². The molecule has 6 nitrogen and oxygen atoms in total. The van der Waals surface area contributed by atoms with Crippen LogP contribution in [0.2, 0.25) is 0 Å². The summed E-state index contributed by atoms with van der Waals surface area (Å²) in [5.74, 6) is 0.534. The highest BCUT2D eigenvalue weighted by Crippen LogP contribution is 2.31. The van der Waals surface area contributed by atoms with Gasteiger partial charge in [0, 0.05) is 12.1 Å². The Bertz CT molecular complexity index is 489. The van der Waals surface area contributed by atoms with Crippen molar-refractivity contribution in [3.8, 4) is 11.5 Å². The third-order valence-corrected chi connectivity index (χ3v) is 2.36. The maximum Gasteiger partial charge on any atom is 0.184 e. The van der Waals surface area contributed by atoms with Crippen LogP contribution < -0.4 is 15.9 Å². The summed E-state index contributed by atoms with van der Waals surface area (Å²) in [5.41, 5.74) is 9.26. The highest BCUT2D eigenvalue weighted by molar-refractivity contribution is 7.80. The van der Waals surface area contributed by atoms with E-state index < -0.39 is 0 Å². The van der Waals surface area contributed by atoms with E-state index in [-0.39, 0.29) is 10.9 Å². The maximum atomic E-state index is 10.0. The molecular formula is C12H18N4O2S. The second kappa shape index (κ2) is 6.91. The van der Waals surface area contributed by atoms with Gasteiger partial charge in [0.1, 0.15) is 0 Å². The Hall–Kier alpha value is -1.86. The number of phenolic OH excluding ortho intramolecular Hbond substituents is 1. The van der Waals surface area contributed by atoms with E-state index in [1.54, 1.807) is 12.3 Å². The highest BCUT2D eigenvalue weighted by atomic mass is 32.1. The number of hydrogen-bond donors (Lipinski definition) is 3. The molecule has 0 atom stereocenters. The van der Waals surface area contributed by atoms with Crippen LogP contribution in [0.15, 0.2) is 17.2 Å². The summed E-state index contributed by atoms with van der Waals surface area (Å²) >= 11 is 4.64. The maximum absolute atomic E-state index is 10.0. The Kier molecular flexibility index (Phi) is 5.53. The molecule has 0 unspecified atom stereocenters. The fourth-order valence-corrected chi connectivity index (χ4v) is 1.60. The van der Waals surface area contributed by atoms with E-state index in [1.807, 2.05) is 25.1 Å². The van der Waals surface area contributed by atoms with Gasteiger partial charge in [0.05, 0.1) is 13.3 Å². The molecule has 0 saturated heterocycles. The Labute approximate surface area is 117 Å². The first-order chi connectivity index (χ1) is 8.93. The van der Waals surface area contributed by atoms with Gasteiger partial charge >= 0.3 is 0 Å². The third-order valence-electron chi connectivity index (χ3n) is 2.27. The topological polar surface area (TPSA) is 83.1 Å². The van der Waals surface area contributed by atoms with Gasteiger partial charge in [0.25, 0.3) is 0 Å². The Balaban J connectivity index is 3.05. The van der Waals surface area contributed by atoms with Gasteiger partial charge in [0.15, 0.2) is 16.6 Å². The normalized spacial score (nSPS) is 10.9. The van der Waals surface area contributed by atoms with Crippen LogP contribution in [-0.4, -0.2) is 42.5 Å². The average molecular weight is 282 g/mol. The summed E-state index contributed by atoms with van der Waals surface area (Å²) in [7, 11) is 5.34. The van der Waals surface area contributed by atoms with Gasteiger partial charge < -0.3 is 20.5 Å². The van der Waals surface area contributed by atoms with Crippen LogP contribution in [0.3, 0.4) is 0 Å². The average Bonchev–Trinajstić information content (AvgIpc) is 2.31. The molecule has 19 heavy (non-hydrogen) atoms. The number of rotatable bonds is 5. The van der Waals surface area contributed by atoms with Crippen LogP contribution in [0.5, 0.6) is 11.5 Å². The lowest BCUT2D eigenvalue weighted by molar-refractivity contribution is 0.354. The molecule has 0 bridgehead atoms. The van der Waals surface area contributed by atoms with E-state index in [1.165, 1.54) is 7.11 Å². The SMILES string of the molecule is COc1cc(C=NNC(N)=S)cc(CN(C)C)c1O. The highest BCUT2D eigenvalue weighted by Gasteiger charge is 2.10. The van der Waals surface area contributed by atoms with E-state index in [0.29, 0.717) is 12.3 Å². The van der Waals surface area contributed by atoms with E-state index in [0.717, 1.165) is 11.1 Å². The van der Waals surface area contributed by atoms with Crippen molar-refractivity contribution in [3.63, 3.8) is 0 Å². The summed E-state index contributed by atoms with van der Waals surface area (Å²) in [6, 6.07) is 3.50. The minimum Gasteiger partial charge on any atom is -0.504 e. The van der Waals surface area contributed by atoms with E-state index in [2.05, 4.69) is 22.7 Å². The van der Waals surface area contributed by atoms with E-state index in [9.17, 15) is 5.11 Å². The number of nitrogens with zero attached hydrogens (tertiary/aromatic N) is 2. The molecule has 0 aromatic heterocycles. The predicted octanol–water partition coefficient (Wildman–Crippen LogP) is 0.629. The molecule has 0 aliphatic heterocycles. The van der Waals surface area contributed by atoms with Crippen molar-refractivity contribution in [2.75, 3.05) is 21.2 Å². The number of ether oxygens (including phenoxy) is 1. The number of benzene rings is 1. The number of methoxy groups -OCH3 is 1. The molecule has 1 aromatic rings. The lowest BCUT2D eigenvalue weighted by atomic mass is 10.1. The standard InChI is InChI=1S/C12H18N4O2S/c1-16(2)7-9-4-8(6-14-15-12(13)19)5-10(18-3)11(9)17/h4-6,17H,7H2,1-3H3,(H3,13,15,19). The Morgan fingerprint density at radius 2 is 2.26 bits per heavy atom. The molecule has 0 aliphatic rings. The van der Waals surface area contributed by atoms with Gasteiger partial charge in [-0.3, -0.25) is 5.43 Å². The lowest BCUT2D eigenvalue weighted by Crippen LogP contribution is -2.24. The molecule has 0 aliphatic carbocycles. The number of hydrogen-bond acceptors (Lipinski definition) is 5. The van der Waals surface area contributed by atoms with Gasteiger partial charge in [-0.2, -0.15) is 5.10 Å². The Morgan fingerprint density at radius 1 is 1.58 bits per heavy atom. The second-order valence-corrected chi connectivity index (χ2v) is 4.64. The van der Waals surface area contributed by atoms with Crippen LogP contribution in [0.1, 0.15) is 11.1 Å². The zero-order valence-electron chi connectivity index (χ0n) is 11.2. The van der Waals surface area contributed by atoms with E-state index >= 15 is 0 Å². The minimum atomic E-state index is 0.0931. The number of phenols is 1. The first kappa shape index (κ1) is 15.2. The summed E-state index contributed by atoms with van der Waals surface area (Å²) in [4.78, 5) is 1.95. The zero-order chi connectivity index (χ0) is 14.4. The number of aromatic hydroxyl groups is 1. The molecule has 7 heteroatoms. The molecule has 0 fully saturated rings. The molecule has 1 rings (SSSR count). The zero-order valence-corrected chi connectivity index (χ0v) is 12.0. The number of nitrogens with one attached hydrogen (secondary N) is 1. The molecule has 0 saturated carbocycles. The fraction of sp³-hybridized carbons (Fsp3) is 0.333. The van der Waals surface area contributed by atoms with Crippen LogP contribution in [0, 0.1) is 0 Å². The van der Waals surface area contributed by atoms with Crippen molar-refractivity contribution in [2.24, 2.45) is 10.8 Å². The van der Waals surface area contributed by atoms with Crippen LogP contribution >= 0.6 is 12.2 Å². The van der Waals surface area contributed by atoms with Gasteiger partial charge in [-0.25, -0.2) is 0 Å². The second-order valence-electron chi connectivity index (χ2n) is 4.20. The molecular weight excluding hydrogens is 264 g/mol. The van der Waals surface area contributed by atoms with Crippen LogP contribution in [0.4, 0.5) is 0 Å². The van der Waals surface area contributed by atoms with Gasteiger partial charge in [-0.1, -0.05) is 0 Å².